The molecule has 4 heteroatoms. The minimum atomic E-state index is 0.508. The van der Waals surface area contributed by atoms with Crippen molar-refractivity contribution in [3.63, 3.8) is 0 Å². The Kier molecular flexibility index (Phi) is 2.33. The van der Waals surface area contributed by atoms with E-state index in [1.807, 2.05) is 12.1 Å². The number of hydrogen-bond acceptors (Lipinski definition) is 3. The number of hydrogen-bond donors (Lipinski definition) is 0. The van der Waals surface area contributed by atoms with E-state index in [2.05, 4.69) is 15.0 Å². The molecule has 0 bridgehead atoms. The van der Waals surface area contributed by atoms with Gasteiger partial charge in [0.05, 0.1) is 5.69 Å². The van der Waals surface area contributed by atoms with Gasteiger partial charge in [-0.1, -0.05) is 11.6 Å². The van der Waals surface area contributed by atoms with Gasteiger partial charge in [-0.3, -0.25) is 4.98 Å². The van der Waals surface area contributed by atoms with Gasteiger partial charge in [0.15, 0.2) is 0 Å². The smallest absolute Gasteiger partial charge is 0.133 e. The Morgan fingerprint density at radius 3 is 2.81 bits per heavy atom. The fraction of sp³-hybridized carbons (Fsp3) is 0.250. The van der Waals surface area contributed by atoms with Crippen molar-refractivity contribution in [1.82, 2.24) is 15.0 Å². The van der Waals surface area contributed by atoms with Crippen LogP contribution in [-0.4, -0.2) is 15.0 Å². The van der Waals surface area contributed by atoms with Gasteiger partial charge in [-0.05, 0) is 25.0 Å². The number of pyridine rings is 1. The van der Waals surface area contributed by atoms with Gasteiger partial charge in [-0.2, -0.15) is 0 Å². The molecule has 2 heterocycles. The Hall–Kier alpha value is -1.48. The van der Waals surface area contributed by atoms with Crippen LogP contribution in [0.2, 0.25) is 5.15 Å². The lowest BCUT2D eigenvalue weighted by molar-refractivity contribution is 0.930. The average molecular weight is 232 g/mol. The highest BCUT2D eigenvalue weighted by atomic mass is 35.5. The first-order valence-electron chi connectivity index (χ1n) is 5.28. The molecular weight excluding hydrogens is 222 g/mol. The number of aromatic nitrogens is 3. The molecule has 80 valence electrons. The van der Waals surface area contributed by atoms with Crippen LogP contribution in [0.1, 0.15) is 24.6 Å². The molecule has 0 amide bonds. The van der Waals surface area contributed by atoms with Crippen LogP contribution in [0.3, 0.4) is 0 Å². The number of nitrogens with zero attached hydrogens (tertiary/aromatic N) is 3. The highest BCUT2D eigenvalue weighted by Crippen LogP contribution is 2.39. The topological polar surface area (TPSA) is 38.7 Å². The summed E-state index contributed by atoms with van der Waals surface area (Å²) in [6.45, 7) is 0. The molecule has 1 saturated carbocycles. The molecule has 0 radical (unpaired) electrons. The molecule has 2 aromatic rings. The number of halogens is 1. The van der Waals surface area contributed by atoms with Gasteiger partial charge in [0, 0.05) is 29.9 Å². The van der Waals surface area contributed by atoms with E-state index in [0.717, 1.165) is 17.1 Å². The minimum Gasteiger partial charge on any atom is -0.264 e. The Morgan fingerprint density at radius 2 is 2.12 bits per heavy atom. The fourth-order valence-corrected chi connectivity index (χ4v) is 1.81. The first-order valence-corrected chi connectivity index (χ1v) is 5.65. The third-order valence-corrected chi connectivity index (χ3v) is 2.81. The van der Waals surface area contributed by atoms with E-state index < -0.39 is 0 Å². The van der Waals surface area contributed by atoms with Crippen molar-refractivity contribution in [3.05, 3.63) is 41.6 Å². The predicted molar refractivity (Wildman–Crippen MR) is 62.2 cm³/mol. The maximum Gasteiger partial charge on any atom is 0.133 e. The maximum atomic E-state index is 6.00. The molecule has 0 aliphatic heterocycles. The Bertz CT molecular complexity index is 509. The standard InChI is InChI=1S/C12H10ClN3/c13-11-6-10(9-2-1-5-14-7-9)15-12(16-11)8-3-4-8/h1-2,5-8H,3-4H2. The lowest BCUT2D eigenvalue weighted by Gasteiger charge is -2.03. The molecule has 3 rings (SSSR count). The lowest BCUT2D eigenvalue weighted by Crippen LogP contribution is -1.95. The largest absolute Gasteiger partial charge is 0.264 e. The molecule has 1 fully saturated rings. The summed E-state index contributed by atoms with van der Waals surface area (Å²) in [4.78, 5) is 12.9. The SMILES string of the molecule is Clc1cc(-c2cccnc2)nc(C2CC2)n1. The summed E-state index contributed by atoms with van der Waals surface area (Å²) >= 11 is 6.00. The van der Waals surface area contributed by atoms with Gasteiger partial charge in [0.2, 0.25) is 0 Å². The van der Waals surface area contributed by atoms with E-state index in [-0.39, 0.29) is 0 Å². The maximum absolute atomic E-state index is 6.00. The second kappa shape index (κ2) is 3.83. The summed E-state index contributed by atoms with van der Waals surface area (Å²) in [7, 11) is 0. The first-order chi connectivity index (χ1) is 7.83. The third kappa shape index (κ3) is 1.91. The van der Waals surface area contributed by atoms with Crippen LogP contribution in [0.15, 0.2) is 30.6 Å². The van der Waals surface area contributed by atoms with Crippen molar-refractivity contribution in [2.75, 3.05) is 0 Å². The molecule has 0 atom stereocenters. The molecule has 0 aromatic carbocycles. The van der Waals surface area contributed by atoms with Gasteiger partial charge in [0.1, 0.15) is 11.0 Å². The van der Waals surface area contributed by atoms with Gasteiger partial charge in [-0.15, -0.1) is 0 Å². The van der Waals surface area contributed by atoms with Crippen LogP contribution in [-0.2, 0) is 0 Å². The predicted octanol–water partition coefficient (Wildman–Crippen LogP) is 3.07. The van der Waals surface area contributed by atoms with Crippen molar-refractivity contribution in [2.24, 2.45) is 0 Å². The molecule has 2 aromatic heterocycles. The van der Waals surface area contributed by atoms with Crippen LogP contribution in [0.5, 0.6) is 0 Å². The zero-order chi connectivity index (χ0) is 11.0. The minimum absolute atomic E-state index is 0.508. The van der Waals surface area contributed by atoms with E-state index in [1.165, 1.54) is 12.8 Å². The van der Waals surface area contributed by atoms with Gasteiger partial charge >= 0.3 is 0 Å². The van der Waals surface area contributed by atoms with Gasteiger partial charge in [-0.25, -0.2) is 9.97 Å². The zero-order valence-electron chi connectivity index (χ0n) is 8.60. The lowest BCUT2D eigenvalue weighted by atomic mass is 10.2. The van der Waals surface area contributed by atoms with Gasteiger partial charge < -0.3 is 0 Å². The van der Waals surface area contributed by atoms with Crippen LogP contribution in [0, 0.1) is 0 Å². The molecule has 0 spiro atoms. The molecular formula is C12H10ClN3. The molecule has 1 aliphatic rings. The van der Waals surface area contributed by atoms with Crippen molar-refractivity contribution >= 4 is 11.6 Å². The molecule has 0 N–H and O–H groups in total. The monoisotopic (exact) mass is 231 g/mol. The summed E-state index contributed by atoms with van der Waals surface area (Å²) in [6, 6.07) is 5.65. The van der Waals surface area contributed by atoms with Crippen LogP contribution < -0.4 is 0 Å². The van der Waals surface area contributed by atoms with E-state index in [4.69, 9.17) is 11.6 Å². The van der Waals surface area contributed by atoms with Crippen molar-refractivity contribution in [1.29, 1.82) is 0 Å². The molecule has 16 heavy (non-hydrogen) atoms. The Balaban J connectivity index is 2.06. The van der Waals surface area contributed by atoms with Gasteiger partial charge in [0.25, 0.3) is 0 Å². The Morgan fingerprint density at radius 1 is 1.25 bits per heavy atom. The average Bonchev–Trinajstić information content (AvgIpc) is 3.13. The molecule has 0 saturated heterocycles. The quantitative estimate of drug-likeness (QED) is 0.746. The normalized spacial score (nSPS) is 15.1. The molecule has 0 unspecified atom stereocenters. The summed E-state index contributed by atoms with van der Waals surface area (Å²) in [5.74, 6) is 1.38. The van der Waals surface area contributed by atoms with E-state index in [9.17, 15) is 0 Å². The summed E-state index contributed by atoms with van der Waals surface area (Å²) in [6.07, 6.45) is 5.88. The first kappa shape index (κ1) is 9.73. The van der Waals surface area contributed by atoms with Crippen molar-refractivity contribution in [3.8, 4) is 11.3 Å². The highest BCUT2D eigenvalue weighted by molar-refractivity contribution is 6.29. The second-order valence-electron chi connectivity index (χ2n) is 3.95. The molecule has 1 aliphatic carbocycles. The zero-order valence-corrected chi connectivity index (χ0v) is 9.35. The third-order valence-electron chi connectivity index (χ3n) is 2.61. The van der Waals surface area contributed by atoms with E-state index >= 15 is 0 Å². The van der Waals surface area contributed by atoms with E-state index in [0.29, 0.717) is 11.1 Å². The number of rotatable bonds is 2. The summed E-state index contributed by atoms with van der Waals surface area (Å²) < 4.78 is 0. The van der Waals surface area contributed by atoms with Crippen LogP contribution >= 0.6 is 11.6 Å². The Labute approximate surface area is 98.5 Å². The highest BCUT2D eigenvalue weighted by Gasteiger charge is 2.27. The van der Waals surface area contributed by atoms with E-state index in [1.54, 1.807) is 18.5 Å². The summed E-state index contributed by atoms with van der Waals surface area (Å²) in [5, 5.41) is 0.510. The van der Waals surface area contributed by atoms with Crippen LogP contribution in [0.25, 0.3) is 11.3 Å². The van der Waals surface area contributed by atoms with Crippen LogP contribution in [0.4, 0.5) is 0 Å². The summed E-state index contributed by atoms with van der Waals surface area (Å²) in [5.41, 5.74) is 1.84. The molecule has 3 nitrogen and oxygen atoms in total. The van der Waals surface area contributed by atoms with Crippen molar-refractivity contribution < 1.29 is 0 Å². The van der Waals surface area contributed by atoms with Crippen molar-refractivity contribution in [2.45, 2.75) is 18.8 Å². The second-order valence-corrected chi connectivity index (χ2v) is 4.34. The fourth-order valence-electron chi connectivity index (χ4n) is 1.62.